The topological polar surface area (TPSA) is 236 Å². The van der Waals surface area contributed by atoms with Crippen LogP contribution in [-0.2, 0) is 28.8 Å². The zero-order chi connectivity index (χ0) is 31.7. The maximum Gasteiger partial charge on any atom is 0.352 e. The minimum Gasteiger partial charge on any atom is -0.481 e. The first kappa shape index (κ1) is 31.0. The molecule has 5 heterocycles. The summed E-state index contributed by atoms with van der Waals surface area (Å²) in [7, 11) is 0. The van der Waals surface area contributed by atoms with Crippen LogP contribution < -0.4 is 11.1 Å². The zero-order valence-corrected chi connectivity index (χ0v) is 24.8. The molecule has 44 heavy (non-hydrogen) atoms. The Bertz CT molecular complexity index is 1510. The molecule has 4 amide bonds. The fourth-order valence-corrected chi connectivity index (χ4v) is 7.55. The molecule has 3 fully saturated rings. The summed E-state index contributed by atoms with van der Waals surface area (Å²) in [4.78, 5) is 82.8. The molecule has 5 rings (SSSR count). The molecule has 0 unspecified atom stereocenters. The third-order valence-corrected chi connectivity index (χ3v) is 9.86. The number of rotatable bonds is 9. The van der Waals surface area contributed by atoms with E-state index in [1.807, 2.05) is 0 Å². The number of piperidine rings is 1. The van der Waals surface area contributed by atoms with Gasteiger partial charge in [0, 0.05) is 48.8 Å². The van der Waals surface area contributed by atoms with Gasteiger partial charge in [-0.05, 0) is 30.9 Å². The van der Waals surface area contributed by atoms with Crippen LogP contribution in [0.1, 0.15) is 37.8 Å². The van der Waals surface area contributed by atoms with Gasteiger partial charge >= 0.3 is 11.9 Å². The molecule has 4 aliphatic heterocycles. The number of likely N-dealkylation sites (tertiary alicyclic amines) is 2. The number of β-lactam (4-membered cyclic amide) rings is 1. The number of carboxylic acid groups (broad SMARTS) is 2. The molecule has 4 aliphatic rings. The average molecular weight is 648 g/mol. The number of carbonyl (C=O) groups is 6. The van der Waals surface area contributed by atoms with Crippen LogP contribution in [0.4, 0.5) is 5.13 Å². The molecule has 1 aromatic heterocycles. The van der Waals surface area contributed by atoms with Gasteiger partial charge in [0.2, 0.25) is 11.8 Å². The van der Waals surface area contributed by atoms with E-state index in [1.54, 1.807) is 9.80 Å². The largest absolute Gasteiger partial charge is 0.481 e. The van der Waals surface area contributed by atoms with Crippen molar-refractivity contribution in [2.24, 2.45) is 5.16 Å². The first-order valence-corrected chi connectivity index (χ1v) is 15.6. The van der Waals surface area contributed by atoms with E-state index in [0.29, 0.717) is 50.0 Å². The number of aliphatic carboxylic acids is 2. The lowest BCUT2D eigenvalue weighted by atomic mass is 10.0. The maximum atomic E-state index is 13.3. The number of hydrogen-bond donors (Lipinski definition) is 5. The Labute approximate surface area is 258 Å². The van der Waals surface area contributed by atoms with E-state index in [9.17, 15) is 39.1 Å². The van der Waals surface area contributed by atoms with Gasteiger partial charge in [0.25, 0.3) is 11.8 Å². The number of nitrogens with zero attached hydrogens (tertiary/aromatic N) is 5. The molecule has 3 saturated heterocycles. The first-order chi connectivity index (χ1) is 21.0. The molecule has 234 valence electrons. The lowest BCUT2D eigenvalue weighted by molar-refractivity contribution is -0.150. The van der Waals surface area contributed by atoms with Gasteiger partial charge in [0.05, 0.1) is 6.42 Å². The van der Waals surface area contributed by atoms with E-state index in [-0.39, 0.29) is 53.0 Å². The number of aromatic nitrogens is 1. The summed E-state index contributed by atoms with van der Waals surface area (Å²) in [5.41, 5.74) is 5.62. The monoisotopic (exact) mass is 647 g/mol. The Hall–Kier alpha value is -4.45. The van der Waals surface area contributed by atoms with Crippen molar-refractivity contribution in [3.05, 3.63) is 34.0 Å². The summed E-state index contributed by atoms with van der Waals surface area (Å²) in [6.07, 6.45) is 2.71. The summed E-state index contributed by atoms with van der Waals surface area (Å²) >= 11 is 2.26. The summed E-state index contributed by atoms with van der Waals surface area (Å²) in [5.74, 6) is -4.22. The second kappa shape index (κ2) is 12.7. The minimum absolute atomic E-state index is 0.0255. The number of allylic oxidation sites excluding steroid dienone is 1. The number of carbonyl (C=O) groups excluding carboxylic acids is 4. The number of nitrogens with one attached hydrogen (secondary N) is 1. The quantitative estimate of drug-likeness (QED) is 0.0761. The Morgan fingerprint density at radius 2 is 1.86 bits per heavy atom. The highest BCUT2D eigenvalue weighted by atomic mass is 32.2. The van der Waals surface area contributed by atoms with Gasteiger partial charge in [-0.3, -0.25) is 28.9 Å². The molecular formula is C26H29N7O9S2. The third-order valence-electron chi connectivity index (χ3n) is 7.88. The van der Waals surface area contributed by atoms with Crippen LogP contribution in [0.15, 0.2) is 33.5 Å². The lowest BCUT2D eigenvalue weighted by Gasteiger charge is -2.49. The van der Waals surface area contributed by atoms with Crippen LogP contribution in [0.2, 0.25) is 0 Å². The fourth-order valence-electron chi connectivity index (χ4n) is 5.70. The lowest BCUT2D eigenvalue weighted by Crippen LogP contribution is -2.71. The number of carboxylic acids is 2. The number of anilines is 1. The standard InChI is InChI=1S/C26H29N7O9S2/c27-26-28-15(11-44-26)18(30-42)21(37)29-19-23(39)33-20(25(40)41)13(10-43-24(19)33)9-12-3-8-32(22(12)38)14-4-6-31(7-5-14)16(34)1-2-17(35)36/h9,11,14,19,24,42H,1-8,10H2,(H2,27,28)(H,29,37)(H,35,36)(H,40,41)/b12-9+,30-18-/t19-,24-/m1/s1. The number of nitrogen functional groups attached to an aromatic ring is 1. The molecule has 0 bridgehead atoms. The molecular weight excluding hydrogens is 618 g/mol. The highest BCUT2D eigenvalue weighted by Gasteiger charge is 2.54. The van der Waals surface area contributed by atoms with E-state index in [2.05, 4.69) is 15.5 Å². The van der Waals surface area contributed by atoms with Crippen molar-refractivity contribution in [2.75, 3.05) is 31.1 Å². The van der Waals surface area contributed by atoms with Crippen LogP contribution in [0.5, 0.6) is 0 Å². The molecule has 6 N–H and O–H groups in total. The number of fused-ring (bicyclic) bond motifs is 1. The summed E-state index contributed by atoms with van der Waals surface area (Å²) < 4.78 is 0. The molecule has 0 saturated carbocycles. The fraction of sp³-hybridized carbons (Fsp3) is 0.462. The van der Waals surface area contributed by atoms with Gasteiger partial charge in [-0.1, -0.05) is 5.16 Å². The summed E-state index contributed by atoms with van der Waals surface area (Å²) in [6, 6.07) is -1.18. The van der Waals surface area contributed by atoms with Crippen molar-refractivity contribution >= 4 is 69.5 Å². The van der Waals surface area contributed by atoms with Crippen LogP contribution in [0.3, 0.4) is 0 Å². The Morgan fingerprint density at radius 1 is 1.14 bits per heavy atom. The van der Waals surface area contributed by atoms with Gasteiger partial charge in [0.15, 0.2) is 10.8 Å². The normalized spacial score (nSPS) is 23.6. The van der Waals surface area contributed by atoms with Crippen molar-refractivity contribution < 1.29 is 44.2 Å². The van der Waals surface area contributed by atoms with E-state index < -0.39 is 40.9 Å². The van der Waals surface area contributed by atoms with Gasteiger partial charge in [-0.15, -0.1) is 23.1 Å². The summed E-state index contributed by atoms with van der Waals surface area (Å²) in [5, 5.41) is 34.5. The number of oxime groups is 1. The van der Waals surface area contributed by atoms with Crippen molar-refractivity contribution in [1.82, 2.24) is 25.0 Å². The maximum absolute atomic E-state index is 13.3. The zero-order valence-electron chi connectivity index (χ0n) is 23.2. The highest BCUT2D eigenvalue weighted by molar-refractivity contribution is 8.00. The van der Waals surface area contributed by atoms with Crippen LogP contribution in [0, 0.1) is 0 Å². The van der Waals surface area contributed by atoms with Gasteiger partial charge in [0.1, 0.15) is 22.8 Å². The second-order valence-corrected chi connectivity index (χ2v) is 12.5. The molecule has 0 aromatic carbocycles. The molecule has 2 atom stereocenters. The molecule has 0 aliphatic carbocycles. The first-order valence-electron chi connectivity index (χ1n) is 13.7. The third kappa shape index (κ3) is 5.99. The molecule has 18 heteroatoms. The van der Waals surface area contributed by atoms with Crippen LogP contribution in [-0.4, -0.2) is 119 Å². The van der Waals surface area contributed by atoms with E-state index in [1.165, 1.54) is 23.2 Å². The Morgan fingerprint density at radius 3 is 2.48 bits per heavy atom. The van der Waals surface area contributed by atoms with E-state index in [4.69, 9.17) is 10.8 Å². The van der Waals surface area contributed by atoms with Gasteiger partial charge < -0.3 is 36.3 Å². The molecule has 0 spiro atoms. The van der Waals surface area contributed by atoms with Crippen molar-refractivity contribution in [3.63, 3.8) is 0 Å². The average Bonchev–Trinajstić information content (AvgIpc) is 3.59. The second-order valence-electron chi connectivity index (χ2n) is 10.5. The van der Waals surface area contributed by atoms with Gasteiger partial charge in [-0.25, -0.2) is 9.78 Å². The van der Waals surface area contributed by atoms with E-state index in [0.717, 1.165) is 16.2 Å². The highest BCUT2D eigenvalue weighted by Crippen LogP contribution is 2.41. The van der Waals surface area contributed by atoms with Crippen LogP contribution >= 0.6 is 23.1 Å². The number of nitrogens with two attached hydrogens (primary N) is 1. The Kier molecular flexibility index (Phi) is 8.91. The Balaban J connectivity index is 1.24. The van der Waals surface area contributed by atoms with Crippen LogP contribution in [0.25, 0.3) is 0 Å². The van der Waals surface area contributed by atoms with Crippen molar-refractivity contribution in [1.29, 1.82) is 0 Å². The van der Waals surface area contributed by atoms with Gasteiger partial charge in [-0.2, -0.15) is 0 Å². The predicted octanol–water partition coefficient (Wildman–Crippen LogP) is -0.343. The molecule has 16 nitrogen and oxygen atoms in total. The number of thioether (sulfide) groups is 1. The molecule has 1 aromatic rings. The number of thiazole rings is 1. The SMILES string of the molecule is Nc1nc(/C(=N/O)C(=O)N[C@@H]2C(=O)N3C(C(=O)O)=C(/C=C4\CCN(C5CCN(C(=O)CCC(=O)O)CC5)C4=O)CS[C@H]23)cs1. The predicted molar refractivity (Wildman–Crippen MR) is 155 cm³/mol. The van der Waals surface area contributed by atoms with E-state index >= 15 is 0 Å². The number of hydrogen-bond acceptors (Lipinski definition) is 12. The van der Waals surface area contributed by atoms with Crippen molar-refractivity contribution in [3.8, 4) is 0 Å². The summed E-state index contributed by atoms with van der Waals surface area (Å²) in [6.45, 7) is 1.26. The number of amides is 4. The van der Waals surface area contributed by atoms with Crippen molar-refractivity contribution in [2.45, 2.75) is 49.6 Å². The minimum atomic E-state index is -1.35. The molecule has 0 radical (unpaired) electrons. The smallest absolute Gasteiger partial charge is 0.352 e.